The second-order valence-electron chi connectivity index (χ2n) is 6.83. The van der Waals surface area contributed by atoms with Crippen LogP contribution in [0, 0.1) is 5.41 Å². The van der Waals surface area contributed by atoms with Crippen LogP contribution in [-0.4, -0.2) is 10.5 Å². The van der Waals surface area contributed by atoms with Gasteiger partial charge in [-0.2, -0.15) is 0 Å². The van der Waals surface area contributed by atoms with Gasteiger partial charge in [-0.15, -0.1) is 18.3 Å². The van der Waals surface area contributed by atoms with Crippen molar-refractivity contribution in [1.82, 2.24) is 0 Å². The lowest BCUT2D eigenvalue weighted by Crippen LogP contribution is -2.48. The summed E-state index contributed by atoms with van der Waals surface area (Å²) in [6.07, 6.45) is 3.80. The molecule has 0 aromatic heterocycles. The molecule has 2 aromatic carbocycles. The average molecular weight is 320 g/mol. The van der Waals surface area contributed by atoms with Gasteiger partial charge in [0.2, 0.25) is 0 Å². The first-order valence-electron chi connectivity index (χ1n) is 8.09. The molecule has 116 valence electrons. The maximum absolute atomic E-state index is 13.5. The molecule has 0 saturated carbocycles. The summed E-state index contributed by atoms with van der Waals surface area (Å²) in [5.41, 5.74) is 3.35. The Hall–Kier alpha value is -1.80. The van der Waals surface area contributed by atoms with E-state index < -0.39 is 4.75 Å². The highest BCUT2D eigenvalue weighted by Crippen LogP contribution is 2.67. The maximum atomic E-state index is 13.5. The number of carbonyl (C=O) groups excluding carboxylic acids is 1. The topological polar surface area (TPSA) is 17.1 Å². The van der Waals surface area contributed by atoms with Gasteiger partial charge in [0.15, 0.2) is 5.78 Å². The monoisotopic (exact) mass is 320 g/mol. The predicted molar refractivity (Wildman–Crippen MR) is 96.9 cm³/mol. The number of rotatable bonds is 3. The molecule has 1 nitrogen and oxygen atoms in total. The molecule has 3 unspecified atom stereocenters. The van der Waals surface area contributed by atoms with Gasteiger partial charge >= 0.3 is 0 Å². The molecule has 3 atom stereocenters. The molecule has 0 N–H and O–H groups in total. The van der Waals surface area contributed by atoms with E-state index in [0.29, 0.717) is 5.25 Å². The van der Waals surface area contributed by atoms with Crippen molar-refractivity contribution >= 4 is 17.5 Å². The number of Topliss-reactive ketones (excluding diaryl/α,β-unsaturated/α-hetero) is 1. The summed E-state index contributed by atoms with van der Waals surface area (Å²) in [5, 5.41) is 0.385. The van der Waals surface area contributed by atoms with Crippen LogP contribution >= 0.6 is 11.8 Å². The Morgan fingerprint density at radius 2 is 1.87 bits per heavy atom. The first kappa shape index (κ1) is 14.8. The van der Waals surface area contributed by atoms with Crippen LogP contribution in [0.5, 0.6) is 0 Å². The van der Waals surface area contributed by atoms with Crippen LogP contribution in [0.1, 0.15) is 40.1 Å². The number of hydrogen-bond acceptors (Lipinski definition) is 2. The van der Waals surface area contributed by atoms with Crippen LogP contribution in [0.25, 0.3) is 0 Å². The van der Waals surface area contributed by atoms with Gasteiger partial charge in [0.1, 0.15) is 0 Å². The van der Waals surface area contributed by atoms with Crippen molar-refractivity contribution < 1.29 is 4.79 Å². The van der Waals surface area contributed by atoms with Gasteiger partial charge in [-0.3, -0.25) is 4.79 Å². The van der Waals surface area contributed by atoms with Crippen molar-refractivity contribution in [2.45, 2.75) is 29.8 Å². The molecule has 2 bridgehead atoms. The summed E-state index contributed by atoms with van der Waals surface area (Å²) in [6, 6.07) is 18.3. The van der Waals surface area contributed by atoms with Gasteiger partial charge in [0, 0.05) is 16.2 Å². The molecule has 0 aliphatic carbocycles. The smallest absolute Gasteiger partial charge is 0.180 e. The van der Waals surface area contributed by atoms with Gasteiger partial charge in [-0.05, 0) is 24.0 Å². The number of thioether (sulfide) groups is 1. The van der Waals surface area contributed by atoms with E-state index >= 15 is 0 Å². The standard InChI is InChI=1S/C21H20OS/c1-3-20(2)14-18-17-12-8-7-11-16(17)13-21(20,23-18)19(22)15-9-5-4-6-10-15/h3-12,18H,1,13-14H2,2H3. The fraction of sp³-hybridized carbons (Fsp3) is 0.286. The Kier molecular flexibility index (Phi) is 3.28. The minimum atomic E-state index is -0.435. The number of allylic oxidation sites excluding steroid dienone is 1. The van der Waals surface area contributed by atoms with Crippen molar-refractivity contribution in [3.05, 3.63) is 83.9 Å². The lowest BCUT2D eigenvalue weighted by molar-refractivity contribution is 0.0881. The summed E-state index contributed by atoms with van der Waals surface area (Å²) < 4.78 is -0.435. The number of ketones is 1. The molecular weight excluding hydrogens is 300 g/mol. The summed E-state index contributed by atoms with van der Waals surface area (Å²) in [6.45, 7) is 6.30. The largest absolute Gasteiger partial charge is 0.293 e. The number of hydrogen-bond donors (Lipinski definition) is 0. The zero-order valence-electron chi connectivity index (χ0n) is 13.3. The molecule has 0 radical (unpaired) electrons. The zero-order chi connectivity index (χ0) is 16.1. The molecule has 1 fully saturated rings. The SMILES string of the molecule is C=CC1(C)CC2SC1(C(=O)c1ccccc1)Cc1ccccc12. The molecular formula is C21H20OS. The third-order valence-corrected chi connectivity index (χ3v) is 7.47. The van der Waals surface area contributed by atoms with Crippen LogP contribution in [0.3, 0.4) is 0 Å². The van der Waals surface area contributed by atoms with E-state index in [2.05, 4.69) is 37.8 Å². The average Bonchev–Trinajstić information content (AvgIpc) is 2.85. The first-order chi connectivity index (χ1) is 11.1. The van der Waals surface area contributed by atoms with Gasteiger partial charge < -0.3 is 0 Å². The molecule has 2 heteroatoms. The summed E-state index contributed by atoms with van der Waals surface area (Å²) in [4.78, 5) is 13.5. The molecule has 23 heavy (non-hydrogen) atoms. The van der Waals surface area contributed by atoms with Crippen molar-refractivity contribution in [3.63, 3.8) is 0 Å². The number of benzene rings is 2. The van der Waals surface area contributed by atoms with Crippen LogP contribution in [0.15, 0.2) is 67.3 Å². The van der Waals surface area contributed by atoms with Gasteiger partial charge in [0.05, 0.1) is 4.75 Å². The molecule has 2 aliphatic rings. The van der Waals surface area contributed by atoms with E-state index in [9.17, 15) is 4.79 Å². The highest BCUT2D eigenvalue weighted by molar-refractivity contribution is 8.02. The minimum absolute atomic E-state index is 0.186. The Morgan fingerprint density at radius 1 is 1.17 bits per heavy atom. The van der Waals surface area contributed by atoms with Crippen LogP contribution in [0.2, 0.25) is 0 Å². The third kappa shape index (κ3) is 1.98. The molecule has 2 heterocycles. The Balaban J connectivity index is 1.88. The van der Waals surface area contributed by atoms with E-state index in [1.807, 2.05) is 48.2 Å². The quantitative estimate of drug-likeness (QED) is 0.568. The van der Waals surface area contributed by atoms with Crippen molar-refractivity contribution in [2.24, 2.45) is 5.41 Å². The lowest BCUT2D eigenvalue weighted by Gasteiger charge is -2.41. The van der Waals surface area contributed by atoms with Crippen LogP contribution in [0.4, 0.5) is 0 Å². The fourth-order valence-electron chi connectivity index (χ4n) is 4.13. The normalized spacial score (nSPS) is 31.4. The van der Waals surface area contributed by atoms with E-state index in [1.54, 1.807) is 0 Å². The van der Waals surface area contributed by atoms with Gasteiger partial charge in [-0.25, -0.2) is 0 Å². The van der Waals surface area contributed by atoms with Gasteiger partial charge in [-0.1, -0.05) is 67.6 Å². The highest BCUT2D eigenvalue weighted by Gasteiger charge is 2.61. The Morgan fingerprint density at radius 3 is 2.61 bits per heavy atom. The van der Waals surface area contributed by atoms with E-state index in [1.165, 1.54) is 11.1 Å². The first-order valence-corrected chi connectivity index (χ1v) is 8.97. The molecule has 4 rings (SSSR count). The molecule has 1 saturated heterocycles. The van der Waals surface area contributed by atoms with E-state index in [0.717, 1.165) is 18.4 Å². The molecule has 0 amide bonds. The molecule has 2 aliphatic heterocycles. The predicted octanol–water partition coefficient (Wildman–Crippen LogP) is 5.23. The number of carbonyl (C=O) groups is 1. The van der Waals surface area contributed by atoms with E-state index in [4.69, 9.17) is 0 Å². The molecule has 2 aromatic rings. The summed E-state index contributed by atoms with van der Waals surface area (Å²) >= 11 is 1.86. The minimum Gasteiger partial charge on any atom is -0.293 e. The third-order valence-electron chi connectivity index (χ3n) is 5.57. The van der Waals surface area contributed by atoms with Gasteiger partial charge in [0.25, 0.3) is 0 Å². The zero-order valence-corrected chi connectivity index (χ0v) is 14.1. The van der Waals surface area contributed by atoms with Crippen molar-refractivity contribution in [2.75, 3.05) is 0 Å². The Labute approximate surface area is 141 Å². The van der Waals surface area contributed by atoms with Crippen LogP contribution < -0.4 is 0 Å². The van der Waals surface area contributed by atoms with Crippen LogP contribution in [-0.2, 0) is 6.42 Å². The summed E-state index contributed by atoms with van der Waals surface area (Å²) in [7, 11) is 0. The van der Waals surface area contributed by atoms with E-state index in [-0.39, 0.29) is 11.2 Å². The Bertz CT molecular complexity index is 781. The fourth-order valence-corrected chi connectivity index (χ4v) is 6.30. The number of fused-ring (bicyclic) bond motifs is 4. The van der Waals surface area contributed by atoms with Crippen molar-refractivity contribution in [3.8, 4) is 0 Å². The summed E-state index contributed by atoms with van der Waals surface area (Å²) in [5.74, 6) is 0.252. The second-order valence-corrected chi connectivity index (χ2v) is 8.33. The highest BCUT2D eigenvalue weighted by atomic mass is 32.2. The lowest BCUT2D eigenvalue weighted by atomic mass is 9.69. The second kappa shape index (κ2) is 5.10. The molecule has 0 spiro atoms. The maximum Gasteiger partial charge on any atom is 0.180 e. The van der Waals surface area contributed by atoms with Crippen molar-refractivity contribution in [1.29, 1.82) is 0 Å².